The van der Waals surface area contributed by atoms with Gasteiger partial charge in [-0.15, -0.1) is 0 Å². The zero-order valence-electron chi connectivity index (χ0n) is 22.5. The van der Waals surface area contributed by atoms with Crippen molar-refractivity contribution in [1.29, 1.82) is 0 Å². The largest absolute Gasteiger partial charge is 2.00 e. The number of H-pyrrole nitrogens is 1. The minimum Gasteiger partial charge on any atom is -1.00 e. The maximum Gasteiger partial charge on any atom is 2.00 e. The average Bonchev–Trinajstić information content (AvgIpc) is 3.17. The maximum absolute atomic E-state index is 4.84. The van der Waals surface area contributed by atoms with Crippen LogP contribution in [-0.4, -0.2) is 15.8 Å². The Bertz CT molecular complexity index is 1550. The van der Waals surface area contributed by atoms with E-state index >= 15 is 0 Å². The molecular weight excluding hydrogens is 692 g/mol. The number of aliphatic imine (C=N–C) groups is 1. The van der Waals surface area contributed by atoms with Crippen molar-refractivity contribution >= 4 is 38.4 Å². The van der Waals surface area contributed by atoms with E-state index in [-0.39, 0.29) is 44.3 Å². The summed E-state index contributed by atoms with van der Waals surface area (Å²) in [7, 11) is 0. The fourth-order valence-corrected chi connectivity index (χ4v) is 4.89. The topological polar surface area (TPSA) is 53.1 Å². The number of hydrogen-bond acceptors (Lipinski definition) is 2. The number of fused-ring (bicyclic) bond motifs is 5. The van der Waals surface area contributed by atoms with E-state index in [4.69, 9.17) is 4.99 Å². The van der Waals surface area contributed by atoms with Crippen molar-refractivity contribution in [3.05, 3.63) is 118 Å². The molecule has 1 aliphatic rings. The van der Waals surface area contributed by atoms with Crippen molar-refractivity contribution in [3.63, 3.8) is 0 Å². The second-order valence-corrected chi connectivity index (χ2v) is 10.6. The van der Waals surface area contributed by atoms with E-state index < -0.39 is 0 Å². The van der Waals surface area contributed by atoms with Crippen molar-refractivity contribution in [2.24, 2.45) is 4.99 Å². The van der Waals surface area contributed by atoms with E-state index in [1.165, 1.54) is 27.6 Å². The van der Waals surface area contributed by atoms with Crippen LogP contribution < -0.4 is 30.1 Å². The number of para-hydroxylation sites is 1. The van der Waals surface area contributed by atoms with Crippen molar-refractivity contribution in [1.82, 2.24) is 9.97 Å². The Balaban J connectivity index is 0.000000371. The van der Waals surface area contributed by atoms with Gasteiger partial charge in [-0.2, -0.15) is 0 Å². The number of anilines is 1. The van der Waals surface area contributed by atoms with Gasteiger partial charge in [-0.25, -0.2) is 0 Å². The molecule has 1 aliphatic heterocycles. The number of aromatic nitrogens is 2. The summed E-state index contributed by atoms with van der Waals surface area (Å²) < 4.78 is 1.08. The molecule has 4 nitrogen and oxygen atoms in total. The quantitative estimate of drug-likeness (QED) is 0.282. The molecule has 40 heavy (non-hydrogen) atoms. The van der Waals surface area contributed by atoms with Gasteiger partial charge in [-0.1, -0.05) is 83.9 Å². The third-order valence-corrected chi connectivity index (χ3v) is 7.08. The molecule has 0 aliphatic carbocycles. The Labute approximate surface area is 270 Å². The number of benzene rings is 3. The van der Waals surface area contributed by atoms with E-state index in [2.05, 4.69) is 113 Å². The van der Waals surface area contributed by atoms with Crippen LogP contribution in [0, 0.1) is 6.92 Å². The molecule has 0 fully saturated rings. The summed E-state index contributed by atoms with van der Waals surface area (Å²) in [6, 6.07) is 29.4. The number of pyridine rings is 1. The van der Waals surface area contributed by atoms with Gasteiger partial charge in [-0.3, -0.25) is 9.98 Å². The van der Waals surface area contributed by atoms with E-state index in [0.29, 0.717) is 12.5 Å². The van der Waals surface area contributed by atoms with Crippen LogP contribution in [0.1, 0.15) is 42.1 Å². The van der Waals surface area contributed by atoms with Crippen molar-refractivity contribution in [3.8, 4) is 11.3 Å². The molecule has 0 atom stereocenters. The van der Waals surface area contributed by atoms with Gasteiger partial charge in [-0.05, 0) is 60.4 Å². The Morgan fingerprint density at radius 3 is 2.35 bits per heavy atom. The smallest absolute Gasteiger partial charge is 1.00 e. The SMILES string of the molecule is Brc1ccc2[nH]c3c(c2c1)CC(=NCc1ccccn1)Nc1ccccc1-3.Cc1ccc(C(C)C)cc1.[Cl-].[Cl-].[Ru+2]. The Morgan fingerprint density at radius 2 is 1.65 bits per heavy atom. The fourth-order valence-electron chi connectivity index (χ4n) is 4.53. The molecule has 0 spiro atoms. The van der Waals surface area contributed by atoms with Crippen LogP contribution >= 0.6 is 15.9 Å². The van der Waals surface area contributed by atoms with Gasteiger partial charge in [0, 0.05) is 39.2 Å². The van der Waals surface area contributed by atoms with Gasteiger partial charge < -0.3 is 35.1 Å². The van der Waals surface area contributed by atoms with E-state index in [1.54, 1.807) is 6.20 Å². The van der Waals surface area contributed by atoms with Gasteiger partial charge in [0.15, 0.2) is 0 Å². The molecule has 0 saturated carbocycles. The molecule has 208 valence electrons. The van der Waals surface area contributed by atoms with Crippen molar-refractivity contribution < 1.29 is 44.3 Å². The van der Waals surface area contributed by atoms with E-state index in [0.717, 1.165) is 39.3 Å². The second-order valence-electron chi connectivity index (χ2n) is 9.67. The molecule has 3 heterocycles. The van der Waals surface area contributed by atoms with Crippen LogP contribution in [0.4, 0.5) is 5.69 Å². The number of nitrogens with one attached hydrogen (secondary N) is 2. The molecule has 0 unspecified atom stereocenters. The Morgan fingerprint density at radius 1 is 0.925 bits per heavy atom. The molecule has 2 N–H and O–H groups in total. The van der Waals surface area contributed by atoms with Gasteiger partial charge in [0.05, 0.1) is 17.9 Å². The minimum atomic E-state index is 0. The summed E-state index contributed by atoms with van der Waals surface area (Å²) >= 11 is 3.60. The summed E-state index contributed by atoms with van der Waals surface area (Å²) in [6.45, 7) is 7.10. The molecule has 8 heteroatoms. The molecule has 2 aromatic heterocycles. The maximum atomic E-state index is 4.84. The third-order valence-electron chi connectivity index (χ3n) is 6.59. The number of aromatic amines is 1. The molecule has 6 rings (SSSR count). The fraction of sp³-hybridized carbons (Fsp3) is 0.188. The number of hydrogen-bond donors (Lipinski definition) is 2. The van der Waals surface area contributed by atoms with Gasteiger partial charge in [0.2, 0.25) is 0 Å². The zero-order valence-corrected chi connectivity index (χ0v) is 27.4. The number of rotatable bonds is 3. The molecular formula is C32H31BrCl2N4Ru. The second kappa shape index (κ2) is 15.5. The van der Waals surface area contributed by atoms with Crippen LogP contribution in [0.2, 0.25) is 0 Å². The first-order valence-electron chi connectivity index (χ1n) is 12.6. The predicted octanol–water partition coefficient (Wildman–Crippen LogP) is 2.68. The first-order valence-corrected chi connectivity index (χ1v) is 13.4. The number of nitrogens with zero attached hydrogens (tertiary/aromatic N) is 2. The monoisotopic (exact) mass is 722 g/mol. The standard InChI is InChI=1S/C22H17BrN4.C10H14.2ClH.Ru/c23-14-8-9-20-17(11-14)18-12-21(25-13-15-5-3-4-10-24-15)26-19-7-2-1-6-16(19)22(18)27-20;1-8(2)10-6-4-9(3)5-7-10;;;/h1-11,27H,12-13H2,(H,25,26);4-8H,1-3H3;2*1H;/q;;;;+2/p-2. The predicted molar refractivity (Wildman–Crippen MR) is 159 cm³/mol. The Hall–Kier alpha value is -2.50. The van der Waals surface area contributed by atoms with Crippen LogP contribution in [0.5, 0.6) is 0 Å². The molecule has 5 aromatic rings. The van der Waals surface area contributed by atoms with Gasteiger partial charge >= 0.3 is 19.5 Å². The molecule has 0 bridgehead atoms. The summed E-state index contributed by atoms with van der Waals surface area (Å²) in [6.07, 6.45) is 2.55. The molecule has 0 amide bonds. The summed E-state index contributed by atoms with van der Waals surface area (Å²) in [5.41, 5.74) is 9.53. The first kappa shape index (κ1) is 33.7. The summed E-state index contributed by atoms with van der Waals surface area (Å²) in [4.78, 5) is 12.8. The van der Waals surface area contributed by atoms with Crippen LogP contribution in [0.25, 0.3) is 22.2 Å². The van der Waals surface area contributed by atoms with E-state index in [1.807, 2.05) is 24.3 Å². The summed E-state index contributed by atoms with van der Waals surface area (Å²) in [5, 5.41) is 4.76. The molecule has 3 aromatic carbocycles. The van der Waals surface area contributed by atoms with Crippen LogP contribution in [-0.2, 0) is 32.4 Å². The van der Waals surface area contributed by atoms with Crippen molar-refractivity contribution in [2.45, 2.75) is 39.7 Å². The normalized spacial score (nSPS) is 12.4. The number of amidine groups is 1. The minimum absolute atomic E-state index is 0. The molecule has 0 saturated heterocycles. The van der Waals surface area contributed by atoms with Crippen LogP contribution in [0.15, 0.2) is 101 Å². The van der Waals surface area contributed by atoms with Gasteiger partial charge in [0.1, 0.15) is 5.84 Å². The van der Waals surface area contributed by atoms with Crippen LogP contribution in [0.3, 0.4) is 0 Å². The third kappa shape index (κ3) is 8.04. The van der Waals surface area contributed by atoms with E-state index in [9.17, 15) is 0 Å². The Kier molecular flexibility index (Phi) is 13.1. The zero-order chi connectivity index (χ0) is 25.8. The van der Waals surface area contributed by atoms with Crippen molar-refractivity contribution in [2.75, 3.05) is 5.32 Å². The first-order chi connectivity index (χ1) is 18.0. The summed E-state index contributed by atoms with van der Waals surface area (Å²) in [5.74, 6) is 1.60. The average molecular weight is 724 g/mol. The number of halogens is 3. The van der Waals surface area contributed by atoms with Gasteiger partial charge in [0.25, 0.3) is 0 Å². The molecule has 0 radical (unpaired) electrons. The number of aryl methyl sites for hydroxylation is 1.